The van der Waals surface area contributed by atoms with Gasteiger partial charge >= 0.3 is 0 Å². The number of halogens is 1. The van der Waals surface area contributed by atoms with Crippen molar-refractivity contribution in [2.75, 3.05) is 31.5 Å². The molecule has 0 spiro atoms. The monoisotopic (exact) mass is 395 g/mol. The van der Waals surface area contributed by atoms with Crippen molar-refractivity contribution in [2.45, 2.75) is 36.7 Å². The van der Waals surface area contributed by atoms with E-state index in [4.69, 9.17) is 22.1 Å². The molecule has 6 N–H and O–H groups in total. The predicted octanol–water partition coefficient (Wildman–Crippen LogP) is -0.591. The van der Waals surface area contributed by atoms with Crippen molar-refractivity contribution in [3.8, 4) is 5.75 Å². The zero-order chi connectivity index (χ0) is 18.8. The van der Waals surface area contributed by atoms with Gasteiger partial charge in [-0.2, -0.15) is 0 Å². The van der Waals surface area contributed by atoms with Gasteiger partial charge in [-0.05, 0) is 25.9 Å². The Morgan fingerprint density at radius 3 is 3.04 bits per heavy atom. The van der Waals surface area contributed by atoms with Crippen molar-refractivity contribution < 1.29 is 9.53 Å². The highest BCUT2D eigenvalue weighted by atomic mass is 35.5. The SMILES string of the molecule is NC1NN2CC(Cl)CNC2C1C(=O)Nc1cnccc1OC1CCNCC1. The number of alkyl halides is 1. The van der Waals surface area contributed by atoms with Crippen LogP contribution in [0.2, 0.25) is 0 Å². The third-order valence-corrected chi connectivity index (χ3v) is 5.53. The summed E-state index contributed by atoms with van der Waals surface area (Å²) in [6.45, 7) is 3.14. The number of nitrogens with one attached hydrogen (secondary N) is 4. The molecule has 148 valence electrons. The molecule has 0 aliphatic carbocycles. The van der Waals surface area contributed by atoms with E-state index >= 15 is 0 Å². The topological polar surface area (TPSA) is 117 Å². The number of carbonyl (C=O) groups excluding carboxylic acids is 1. The van der Waals surface area contributed by atoms with E-state index in [1.54, 1.807) is 18.5 Å². The fourth-order valence-electron chi connectivity index (χ4n) is 3.87. The number of nitrogens with two attached hydrogens (primary N) is 1. The van der Waals surface area contributed by atoms with Gasteiger partial charge in [0.05, 0.1) is 29.8 Å². The molecule has 10 heteroatoms. The summed E-state index contributed by atoms with van der Waals surface area (Å²) >= 11 is 6.19. The molecule has 3 saturated heterocycles. The summed E-state index contributed by atoms with van der Waals surface area (Å²) in [5, 5.41) is 11.5. The van der Waals surface area contributed by atoms with Crippen LogP contribution in [0, 0.1) is 5.92 Å². The second-order valence-corrected chi connectivity index (χ2v) is 7.83. The van der Waals surface area contributed by atoms with E-state index in [1.165, 1.54) is 0 Å². The molecule has 4 unspecified atom stereocenters. The van der Waals surface area contributed by atoms with Crippen LogP contribution in [0.25, 0.3) is 0 Å². The fourth-order valence-corrected chi connectivity index (χ4v) is 4.10. The summed E-state index contributed by atoms with van der Waals surface area (Å²) in [5.41, 5.74) is 9.88. The van der Waals surface area contributed by atoms with Crippen LogP contribution >= 0.6 is 11.6 Å². The van der Waals surface area contributed by atoms with Crippen molar-refractivity contribution in [2.24, 2.45) is 11.7 Å². The molecule has 4 heterocycles. The van der Waals surface area contributed by atoms with Gasteiger partial charge in [-0.1, -0.05) is 0 Å². The van der Waals surface area contributed by atoms with Crippen molar-refractivity contribution in [1.82, 2.24) is 26.1 Å². The number of aromatic nitrogens is 1. The number of ether oxygens (including phenoxy) is 1. The van der Waals surface area contributed by atoms with Crippen molar-refractivity contribution >= 4 is 23.2 Å². The van der Waals surface area contributed by atoms with E-state index in [0.29, 0.717) is 24.5 Å². The summed E-state index contributed by atoms with van der Waals surface area (Å²) in [7, 11) is 0. The number of piperidine rings is 1. The fraction of sp³-hybridized carbons (Fsp3) is 0.647. The molecule has 3 fully saturated rings. The first-order valence-corrected chi connectivity index (χ1v) is 9.83. The van der Waals surface area contributed by atoms with Gasteiger partial charge in [0.2, 0.25) is 5.91 Å². The molecule has 4 atom stereocenters. The summed E-state index contributed by atoms with van der Waals surface area (Å²) in [6.07, 6.45) is 4.61. The molecular formula is C17H26ClN7O2. The molecule has 1 amide bonds. The maximum absolute atomic E-state index is 13.0. The van der Waals surface area contributed by atoms with Crippen LogP contribution in [-0.4, -0.2) is 65.9 Å². The minimum Gasteiger partial charge on any atom is -0.488 e. The summed E-state index contributed by atoms with van der Waals surface area (Å²) in [5.74, 6) is 0.00588. The first-order valence-electron chi connectivity index (χ1n) is 9.40. The van der Waals surface area contributed by atoms with Gasteiger partial charge < -0.3 is 21.1 Å². The quantitative estimate of drug-likeness (QED) is 0.429. The van der Waals surface area contributed by atoms with E-state index in [0.717, 1.165) is 25.9 Å². The van der Waals surface area contributed by atoms with E-state index in [9.17, 15) is 4.79 Å². The minimum absolute atomic E-state index is 0.0222. The largest absolute Gasteiger partial charge is 0.488 e. The predicted molar refractivity (Wildman–Crippen MR) is 102 cm³/mol. The van der Waals surface area contributed by atoms with E-state index in [2.05, 4.69) is 26.4 Å². The highest BCUT2D eigenvalue weighted by Crippen LogP contribution is 2.28. The number of anilines is 1. The van der Waals surface area contributed by atoms with Crippen molar-refractivity contribution in [3.63, 3.8) is 0 Å². The van der Waals surface area contributed by atoms with E-state index < -0.39 is 12.1 Å². The molecule has 0 saturated carbocycles. The number of hydrogen-bond acceptors (Lipinski definition) is 8. The zero-order valence-corrected chi connectivity index (χ0v) is 15.8. The molecule has 4 rings (SSSR count). The molecule has 1 aromatic heterocycles. The Balaban J connectivity index is 1.45. The maximum atomic E-state index is 13.0. The number of fused-ring (bicyclic) bond motifs is 1. The lowest BCUT2D eigenvalue weighted by Crippen LogP contribution is -2.58. The van der Waals surface area contributed by atoms with Crippen LogP contribution in [0.3, 0.4) is 0 Å². The number of nitrogens with zero attached hydrogens (tertiary/aromatic N) is 2. The zero-order valence-electron chi connectivity index (χ0n) is 15.0. The molecule has 1 aromatic rings. The standard InChI is InChI=1S/C17H26ClN7O2/c18-10-7-22-16-14(15(19)24-25(16)9-10)17(26)23-12-8-21-6-3-13(12)27-11-1-4-20-5-2-11/h3,6,8,10-11,14-16,20,22,24H,1-2,4-5,7,9,19H2,(H,23,26). The number of rotatable bonds is 4. The Labute approximate surface area is 163 Å². The third-order valence-electron chi connectivity index (χ3n) is 5.24. The first kappa shape index (κ1) is 18.9. The Kier molecular flexibility index (Phi) is 5.76. The third kappa shape index (κ3) is 4.18. The Hall–Kier alpha value is -1.49. The Morgan fingerprint density at radius 1 is 1.41 bits per heavy atom. The van der Waals surface area contributed by atoms with Gasteiger partial charge in [-0.3, -0.25) is 15.1 Å². The van der Waals surface area contributed by atoms with E-state index in [-0.39, 0.29) is 23.6 Å². The Morgan fingerprint density at radius 2 is 2.22 bits per heavy atom. The van der Waals surface area contributed by atoms with Crippen LogP contribution in [0.1, 0.15) is 12.8 Å². The highest BCUT2D eigenvalue weighted by Gasteiger charge is 2.46. The van der Waals surface area contributed by atoms with Gasteiger partial charge in [0, 0.05) is 25.4 Å². The van der Waals surface area contributed by atoms with Gasteiger partial charge in [-0.25, -0.2) is 10.4 Å². The number of amides is 1. The first-order chi connectivity index (χ1) is 13.1. The summed E-state index contributed by atoms with van der Waals surface area (Å²) < 4.78 is 6.11. The average Bonchev–Trinajstić information content (AvgIpc) is 2.99. The molecule has 0 aromatic carbocycles. The maximum Gasteiger partial charge on any atom is 0.233 e. The van der Waals surface area contributed by atoms with Crippen molar-refractivity contribution in [1.29, 1.82) is 0 Å². The van der Waals surface area contributed by atoms with Gasteiger partial charge in [0.15, 0.2) is 0 Å². The lowest BCUT2D eigenvalue weighted by atomic mass is 10.0. The van der Waals surface area contributed by atoms with E-state index in [1.807, 2.05) is 5.01 Å². The lowest BCUT2D eigenvalue weighted by molar-refractivity contribution is -0.121. The summed E-state index contributed by atoms with van der Waals surface area (Å²) in [6, 6.07) is 1.79. The molecule has 3 aliphatic rings. The number of hydrazine groups is 1. The van der Waals surface area contributed by atoms with Crippen LogP contribution in [0.5, 0.6) is 5.75 Å². The normalized spacial score (nSPS) is 32.1. The van der Waals surface area contributed by atoms with Gasteiger partial charge in [0.1, 0.15) is 17.5 Å². The van der Waals surface area contributed by atoms with Crippen LogP contribution in [0.15, 0.2) is 18.5 Å². The molecule has 27 heavy (non-hydrogen) atoms. The molecular weight excluding hydrogens is 370 g/mol. The number of hydrogen-bond donors (Lipinski definition) is 5. The Bertz CT molecular complexity index is 672. The lowest BCUT2D eigenvalue weighted by Gasteiger charge is -2.34. The number of carbonyl (C=O) groups is 1. The number of pyridine rings is 1. The minimum atomic E-state index is -0.491. The average molecular weight is 396 g/mol. The molecule has 0 bridgehead atoms. The molecule has 3 aliphatic heterocycles. The smallest absolute Gasteiger partial charge is 0.233 e. The van der Waals surface area contributed by atoms with Crippen molar-refractivity contribution in [3.05, 3.63) is 18.5 Å². The highest BCUT2D eigenvalue weighted by molar-refractivity contribution is 6.21. The van der Waals surface area contributed by atoms with Crippen LogP contribution < -0.4 is 31.8 Å². The second-order valence-electron chi connectivity index (χ2n) is 7.21. The van der Waals surface area contributed by atoms with Crippen LogP contribution in [-0.2, 0) is 4.79 Å². The summed E-state index contributed by atoms with van der Waals surface area (Å²) in [4.78, 5) is 17.1. The molecule has 9 nitrogen and oxygen atoms in total. The second kappa shape index (κ2) is 8.26. The van der Waals surface area contributed by atoms with Gasteiger partial charge in [-0.15, -0.1) is 11.6 Å². The van der Waals surface area contributed by atoms with Gasteiger partial charge in [0.25, 0.3) is 0 Å². The van der Waals surface area contributed by atoms with Crippen LogP contribution in [0.4, 0.5) is 5.69 Å². The molecule has 0 radical (unpaired) electrons.